The SMILES string of the molecule is CNC(=O)c1ccc(N)c(F)c1.Cl. The molecule has 0 spiro atoms. The fourth-order valence-corrected chi connectivity index (χ4v) is 0.813. The number of hydrogen-bond acceptors (Lipinski definition) is 2. The highest BCUT2D eigenvalue weighted by molar-refractivity contribution is 5.94. The summed E-state index contributed by atoms with van der Waals surface area (Å²) in [5.41, 5.74) is 5.54. The summed E-state index contributed by atoms with van der Waals surface area (Å²) in [6, 6.07) is 3.94. The molecule has 0 heterocycles. The van der Waals surface area contributed by atoms with E-state index in [2.05, 4.69) is 5.32 Å². The van der Waals surface area contributed by atoms with Gasteiger partial charge < -0.3 is 11.1 Å². The molecule has 0 aliphatic carbocycles. The van der Waals surface area contributed by atoms with Crippen molar-refractivity contribution in [3.05, 3.63) is 29.6 Å². The number of hydrogen-bond donors (Lipinski definition) is 2. The number of nitrogen functional groups attached to an aromatic ring is 1. The van der Waals surface area contributed by atoms with E-state index in [4.69, 9.17) is 5.73 Å². The predicted molar refractivity (Wildman–Crippen MR) is 51.5 cm³/mol. The molecule has 0 saturated heterocycles. The molecule has 0 aliphatic rings. The molecular weight excluding hydrogens is 195 g/mol. The predicted octanol–water partition coefficient (Wildman–Crippen LogP) is 1.19. The molecule has 0 aromatic heterocycles. The lowest BCUT2D eigenvalue weighted by molar-refractivity contribution is 0.0962. The van der Waals surface area contributed by atoms with Gasteiger partial charge in [0.15, 0.2) is 0 Å². The summed E-state index contributed by atoms with van der Waals surface area (Å²) >= 11 is 0. The number of carbonyl (C=O) groups excluding carboxylic acids is 1. The van der Waals surface area contributed by atoms with Crippen LogP contribution in [0.4, 0.5) is 10.1 Å². The zero-order valence-electron chi connectivity index (χ0n) is 7.00. The van der Waals surface area contributed by atoms with E-state index in [1.54, 1.807) is 0 Å². The van der Waals surface area contributed by atoms with Crippen molar-refractivity contribution >= 4 is 24.0 Å². The first-order chi connectivity index (χ1) is 5.65. The van der Waals surface area contributed by atoms with Crippen molar-refractivity contribution in [2.45, 2.75) is 0 Å². The number of nitrogens with two attached hydrogens (primary N) is 1. The highest BCUT2D eigenvalue weighted by Gasteiger charge is 2.05. The minimum atomic E-state index is -0.573. The molecule has 0 unspecified atom stereocenters. The Labute approximate surface area is 81.5 Å². The normalized spacial score (nSPS) is 8.77. The third kappa shape index (κ3) is 2.59. The molecule has 0 radical (unpaired) electrons. The van der Waals surface area contributed by atoms with Crippen molar-refractivity contribution in [1.29, 1.82) is 0 Å². The Hall–Kier alpha value is -1.29. The van der Waals surface area contributed by atoms with Crippen LogP contribution in [-0.4, -0.2) is 13.0 Å². The lowest BCUT2D eigenvalue weighted by Gasteiger charge is -2.00. The van der Waals surface area contributed by atoms with Gasteiger partial charge in [-0.3, -0.25) is 4.79 Å². The van der Waals surface area contributed by atoms with Gasteiger partial charge in [0.2, 0.25) is 0 Å². The molecule has 1 rings (SSSR count). The molecule has 13 heavy (non-hydrogen) atoms. The van der Waals surface area contributed by atoms with Gasteiger partial charge in [-0.15, -0.1) is 12.4 Å². The number of carbonyl (C=O) groups is 1. The zero-order chi connectivity index (χ0) is 9.14. The van der Waals surface area contributed by atoms with Crippen LogP contribution in [-0.2, 0) is 0 Å². The van der Waals surface area contributed by atoms with Crippen molar-refractivity contribution < 1.29 is 9.18 Å². The van der Waals surface area contributed by atoms with Crippen LogP contribution in [0.15, 0.2) is 18.2 Å². The monoisotopic (exact) mass is 204 g/mol. The number of rotatable bonds is 1. The second-order valence-electron chi connectivity index (χ2n) is 2.32. The Balaban J connectivity index is 0.00000144. The van der Waals surface area contributed by atoms with Gasteiger partial charge in [0, 0.05) is 12.6 Å². The fourth-order valence-electron chi connectivity index (χ4n) is 0.813. The Morgan fingerprint density at radius 3 is 2.62 bits per heavy atom. The second kappa shape index (κ2) is 4.67. The first-order valence-corrected chi connectivity index (χ1v) is 3.42. The maximum absolute atomic E-state index is 12.8. The van der Waals surface area contributed by atoms with Gasteiger partial charge in [-0.2, -0.15) is 0 Å². The van der Waals surface area contributed by atoms with E-state index in [1.807, 2.05) is 0 Å². The Bertz CT molecular complexity index is 317. The van der Waals surface area contributed by atoms with Gasteiger partial charge in [0.1, 0.15) is 5.82 Å². The van der Waals surface area contributed by atoms with E-state index in [0.29, 0.717) is 0 Å². The number of nitrogens with one attached hydrogen (secondary N) is 1. The van der Waals surface area contributed by atoms with Crippen LogP contribution in [0.25, 0.3) is 0 Å². The standard InChI is InChI=1S/C8H9FN2O.ClH/c1-11-8(12)5-2-3-7(10)6(9)4-5;/h2-4H,10H2,1H3,(H,11,12);1H. The quantitative estimate of drug-likeness (QED) is 0.676. The van der Waals surface area contributed by atoms with E-state index >= 15 is 0 Å². The summed E-state index contributed by atoms with van der Waals surface area (Å²) in [6.07, 6.45) is 0. The zero-order valence-corrected chi connectivity index (χ0v) is 7.82. The molecule has 5 heteroatoms. The van der Waals surface area contributed by atoms with Crippen molar-refractivity contribution in [3.8, 4) is 0 Å². The van der Waals surface area contributed by atoms with Crippen molar-refractivity contribution in [3.63, 3.8) is 0 Å². The highest BCUT2D eigenvalue weighted by Crippen LogP contribution is 2.11. The molecule has 1 aromatic carbocycles. The van der Waals surface area contributed by atoms with Crippen molar-refractivity contribution in [1.82, 2.24) is 5.32 Å². The van der Waals surface area contributed by atoms with Gasteiger partial charge in [-0.25, -0.2) is 4.39 Å². The summed E-state index contributed by atoms with van der Waals surface area (Å²) in [5, 5.41) is 2.38. The van der Waals surface area contributed by atoms with E-state index in [9.17, 15) is 9.18 Å². The Kier molecular flexibility index (Phi) is 4.20. The van der Waals surface area contributed by atoms with Crippen LogP contribution in [0.1, 0.15) is 10.4 Å². The molecule has 72 valence electrons. The third-order valence-electron chi connectivity index (χ3n) is 1.49. The average Bonchev–Trinajstić information content (AvgIpc) is 2.08. The first-order valence-electron chi connectivity index (χ1n) is 3.42. The maximum Gasteiger partial charge on any atom is 0.251 e. The molecule has 3 N–H and O–H groups in total. The van der Waals surface area contributed by atoms with Crippen LogP contribution in [0.3, 0.4) is 0 Å². The van der Waals surface area contributed by atoms with Crippen LogP contribution >= 0.6 is 12.4 Å². The van der Waals surface area contributed by atoms with E-state index in [1.165, 1.54) is 19.2 Å². The average molecular weight is 205 g/mol. The van der Waals surface area contributed by atoms with Gasteiger partial charge in [-0.1, -0.05) is 0 Å². The molecule has 0 bridgehead atoms. The topological polar surface area (TPSA) is 55.1 Å². The molecule has 0 saturated carbocycles. The Morgan fingerprint density at radius 2 is 2.15 bits per heavy atom. The maximum atomic E-state index is 12.8. The Morgan fingerprint density at radius 1 is 1.54 bits per heavy atom. The van der Waals surface area contributed by atoms with Crippen LogP contribution in [0.2, 0.25) is 0 Å². The van der Waals surface area contributed by atoms with E-state index in [-0.39, 0.29) is 29.6 Å². The van der Waals surface area contributed by atoms with Crippen molar-refractivity contribution in [2.75, 3.05) is 12.8 Å². The third-order valence-corrected chi connectivity index (χ3v) is 1.49. The van der Waals surface area contributed by atoms with Crippen molar-refractivity contribution in [2.24, 2.45) is 0 Å². The molecule has 1 aromatic rings. The summed E-state index contributed by atoms with van der Waals surface area (Å²) in [4.78, 5) is 11.0. The summed E-state index contributed by atoms with van der Waals surface area (Å²) in [6.45, 7) is 0. The lowest BCUT2D eigenvalue weighted by Crippen LogP contribution is -2.17. The molecule has 0 atom stereocenters. The second-order valence-corrected chi connectivity index (χ2v) is 2.32. The number of anilines is 1. The molecular formula is C8H10ClFN2O. The van der Waals surface area contributed by atoms with Crippen LogP contribution in [0, 0.1) is 5.82 Å². The lowest BCUT2D eigenvalue weighted by atomic mass is 10.2. The smallest absolute Gasteiger partial charge is 0.251 e. The highest BCUT2D eigenvalue weighted by atomic mass is 35.5. The van der Waals surface area contributed by atoms with Crippen LogP contribution in [0.5, 0.6) is 0 Å². The molecule has 3 nitrogen and oxygen atoms in total. The molecule has 0 aliphatic heterocycles. The van der Waals surface area contributed by atoms with Gasteiger partial charge in [0.05, 0.1) is 5.69 Å². The minimum absolute atomic E-state index is 0. The first kappa shape index (κ1) is 11.7. The summed E-state index contributed by atoms with van der Waals surface area (Å²) in [7, 11) is 1.48. The number of amides is 1. The molecule has 1 amide bonds. The summed E-state index contributed by atoms with van der Waals surface area (Å²) < 4.78 is 12.8. The van der Waals surface area contributed by atoms with E-state index < -0.39 is 5.82 Å². The van der Waals surface area contributed by atoms with E-state index in [0.717, 1.165) is 6.07 Å². The van der Waals surface area contributed by atoms with Gasteiger partial charge in [0.25, 0.3) is 5.91 Å². The number of halogens is 2. The molecule has 0 fully saturated rings. The van der Waals surface area contributed by atoms with Gasteiger partial charge >= 0.3 is 0 Å². The van der Waals surface area contributed by atoms with Gasteiger partial charge in [-0.05, 0) is 18.2 Å². The minimum Gasteiger partial charge on any atom is -0.396 e. The van der Waals surface area contributed by atoms with Crippen LogP contribution < -0.4 is 11.1 Å². The summed E-state index contributed by atoms with van der Waals surface area (Å²) in [5.74, 6) is -0.898. The number of benzene rings is 1. The largest absolute Gasteiger partial charge is 0.396 e. The fraction of sp³-hybridized carbons (Fsp3) is 0.125.